The van der Waals surface area contributed by atoms with E-state index in [9.17, 15) is 23.0 Å². The van der Waals surface area contributed by atoms with Crippen molar-refractivity contribution in [1.29, 1.82) is 10.0 Å². The highest BCUT2D eigenvalue weighted by Gasteiger charge is 2.34. The number of halogens is 2. The van der Waals surface area contributed by atoms with E-state index >= 15 is 0 Å². The largest absolute Gasteiger partial charge is 0.354 e. The standard InChI is InChI=1S/C20H22F2N6O2S/c1-13-16(12-23)26-27-18(28-9-4-7-20(21,22)8-10-28)17(13)19(29)25-14-5-3-6-15(11-14)31(2,24)30/h3,5-6,11,24H,4,7-10H2,1-2H3,(H,25,29)/t31-/m1/s1. The first-order valence-corrected chi connectivity index (χ1v) is 11.5. The van der Waals surface area contributed by atoms with Gasteiger partial charge in [-0.1, -0.05) is 6.07 Å². The molecule has 1 atom stereocenters. The summed E-state index contributed by atoms with van der Waals surface area (Å²) in [6.45, 7) is 1.83. The highest BCUT2D eigenvalue weighted by Crippen LogP contribution is 2.31. The molecule has 2 N–H and O–H groups in total. The Labute approximate surface area is 179 Å². The zero-order valence-corrected chi connectivity index (χ0v) is 17.9. The maximum atomic E-state index is 13.8. The quantitative estimate of drug-likeness (QED) is 0.737. The number of nitriles is 1. The van der Waals surface area contributed by atoms with Crippen LogP contribution in [0.15, 0.2) is 29.2 Å². The summed E-state index contributed by atoms with van der Waals surface area (Å²) in [6, 6.07) is 8.00. The van der Waals surface area contributed by atoms with Crippen LogP contribution in [0.25, 0.3) is 0 Å². The predicted molar refractivity (Wildman–Crippen MR) is 112 cm³/mol. The number of rotatable bonds is 4. The van der Waals surface area contributed by atoms with Gasteiger partial charge < -0.3 is 10.2 Å². The van der Waals surface area contributed by atoms with E-state index in [0.29, 0.717) is 5.69 Å². The van der Waals surface area contributed by atoms with Gasteiger partial charge in [0, 0.05) is 48.3 Å². The molecule has 1 saturated heterocycles. The Morgan fingerprint density at radius 1 is 1.32 bits per heavy atom. The summed E-state index contributed by atoms with van der Waals surface area (Å²) in [6.07, 6.45) is 0.887. The molecule has 0 spiro atoms. The van der Waals surface area contributed by atoms with Crippen LogP contribution >= 0.6 is 0 Å². The van der Waals surface area contributed by atoms with Gasteiger partial charge in [0.1, 0.15) is 6.07 Å². The lowest BCUT2D eigenvalue weighted by Crippen LogP contribution is -2.30. The monoisotopic (exact) mass is 448 g/mol. The third-order valence-corrected chi connectivity index (χ3v) is 6.24. The fraction of sp³-hybridized carbons (Fsp3) is 0.400. The number of nitrogens with one attached hydrogen (secondary N) is 2. The summed E-state index contributed by atoms with van der Waals surface area (Å²) in [7, 11) is -2.98. The number of benzene rings is 1. The van der Waals surface area contributed by atoms with E-state index in [1.54, 1.807) is 24.0 Å². The maximum absolute atomic E-state index is 13.8. The van der Waals surface area contributed by atoms with Gasteiger partial charge in [0.2, 0.25) is 5.92 Å². The van der Waals surface area contributed by atoms with Gasteiger partial charge in [-0.3, -0.25) is 4.79 Å². The van der Waals surface area contributed by atoms with Gasteiger partial charge in [0.15, 0.2) is 11.5 Å². The van der Waals surface area contributed by atoms with Crippen molar-refractivity contribution in [3.8, 4) is 6.07 Å². The van der Waals surface area contributed by atoms with Crippen LogP contribution in [0, 0.1) is 23.0 Å². The normalized spacial score (nSPS) is 17.8. The lowest BCUT2D eigenvalue weighted by Gasteiger charge is -2.24. The van der Waals surface area contributed by atoms with E-state index in [1.807, 2.05) is 6.07 Å². The van der Waals surface area contributed by atoms with Crippen LogP contribution in [-0.4, -0.2) is 45.6 Å². The van der Waals surface area contributed by atoms with Gasteiger partial charge in [-0.2, -0.15) is 5.26 Å². The molecular formula is C20H22F2N6O2S. The summed E-state index contributed by atoms with van der Waals surface area (Å²) in [5, 5.41) is 19.8. The molecule has 0 bridgehead atoms. The molecule has 1 aromatic heterocycles. The third kappa shape index (κ3) is 5.14. The second-order valence-electron chi connectivity index (χ2n) is 7.51. The average Bonchev–Trinajstić information content (AvgIpc) is 2.87. The molecule has 31 heavy (non-hydrogen) atoms. The van der Waals surface area contributed by atoms with E-state index in [-0.39, 0.29) is 59.9 Å². The number of carbonyl (C=O) groups is 1. The highest BCUT2D eigenvalue weighted by atomic mass is 32.2. The molecule has 0 radical (unpaired) electrons. The van der Waals surface area contributed by atoms with Crippen LogP contribution in [0.1, 0.15) is 40.9 Å². The molecule has 1 aliphatic heterocycles. The van der Waals surface area contributed by atoms with Crippen molar-refractivity contribution < 1.29 is 17.8 Å². The molecule has 0 saturated carbocycles. The number of anilines is 2. The molecule has 3 rings (SSSR count). The van der Waals surface area contributed by atoms with Crippen LogP contribution in [0.2, 0.25) is 0 Å². The summed E-state index contributed by atoms with van der Waals surface area (Å²) in [5.74, 6) is -3.24. The van der Waals surface area contributed by atoms with Crippen LogP contribution in [0.4, 0.5) is 20.3 Å². The van der Waals surface area contributed by atoms with Crippen molar-refractivity contribution in [3.63, 3.8) is 0 Å². The minimum absolute atomic E-state index is 0.000471. The number of hydrogen-bond acceptors (Lipinski definition) is 7. The van der Waals surface area contributed by atoms with E-state index in [1.165, 1.54) is 18.4 Å². The smallest absolute Gasteiger partial charge is 0.259 e. The van der Waals surface area contributed by atoms with Gasteiger partial charge >= 0.3 is 0 Å². The van der Waals surface area contributed by atoms with Crippen molar-refractivity contribution >= 4 is 27.1 Å². The fourth-order valence-corrected chi connectivity index (χ4v) is 4.08. The van der Waals surface area contributed by atoms with E-state index in [2.05, 4.69) is 15.5 Å². The molecule has 164 valence electrons. The van der Waals surface area contributed by atoms with Gasteiger partial charge in [0.05, 0.1) is 15.3 Å². The fourth-order valence-electron chi connectivity index (χ4n) is 3.39. The summed E-state index contributed by atoms with van der Waals surface area (Å²) >= 11 is 0. The predicted octanol–water partition coefficient (Wildman–Crippen LogP) is 3.57. The molecule has 1 aromatic carbocycles. The topological polar surface area (TPSA) is 123 Å². The number of alkyl halides is 2. The SMILES string of the molecule is Cc1c(C#N)nnc(N2CCCC(F)(F)CC2)c1C(=O)Nc1cccc([S@](C)(=N)=O)c1. The van der Waals surface area contributed by atoms with Crippen LogP contribution < -0.4 is 10.2 Å². The van der Waals surface area contributed by atoms with Crippen LogP contribution in [-0.2, 0) is 9.73 Å². The van der Waals surface area contributed by atoms with Gasteiger partial charge in [-0.25, -0.2) is 17.8 Å². The van der Waals surface area contributed by atoms with E-state index in [0.717, 1.165) is 0 Å². The first-order valence-electron chi connectivity index (χ1n) is 9.57. The number of aromatic nitrogens is 2. The number of hydrogen-bond donors (Lipinski definition) is 2. The Bertz CT molecular complexity index is 1160. The number of nitrogens with zero attached hydrogens (tertiary/aromatic N) is 4. The first-order chi connectivity index (χ1) is 14.5. The molecule has 1 aliphatic rings. The molecule has 2 aromatic rings. The molecule has 1 fully saturated rings. The highest BCUT2D eigenvalue weighted by molar-refractivity contribution is 7.91. The van der Waals surface area contributed by atoms with Gasteiger partial charge in [0.25, 0.3) is 5.91 Å². The first kappa shape index (κ1) is 22.6. The molecular weight excluding hydrogens is 426 g/mol. The molecule has 1 amide bonds. The third-order valence-electron chi connectivity index (χ3n) is 5.09. The van der Waals surface area contributed by atoms with Crippen molar-refractivity contribution in [2.75, 3.05) is 29.6 Å². The number of amides is 1. The lowest BCUT2D eigenvalue weighted by atomic mass is 10.1. The molecule has 11 heteroatoms. The van der Waals surface area contributed by atoms with E-state index < -0.39 is 21.6 Å². The van der Waals surface area contributed by atoms with Gasteiger partial charge in [-0.05, 0) is 31.5 Å². The van der Waals surface area contributed by atoms with Crippen LogP contribution in [0.5, 0.6) is 0 Å². The average molecular weight is 448 g/mol. The lowest BCUT2D eigenvalue weighted by molar-refractivity contribution is -0.0102. The minimum Gasteiger partial charge on any atom is -0.354 e. The van der Waals surface area contributed by atoms with Crippen molar-refractivity contribution in [1.82, 2.24) is 10.2 Å². The molecule has 0 aliphatic carbocycles. The van der Waals surface area contributed by atoms with Crippen molar-refractivity contribution in [3.05, 3.63) is 41.1 Å². The van der Waals surface area contributed by atoms with Crippen molar-refractivity contribution in [2.24, 2.45) is 0 Å². The Morgan fingerprint density at radius 3 is 2.74 bits per heavy atom. The summed E-state index contributed by atoms with van der Waals surface area (Å²) in [4.78, 5) is 15.0. The summed E-state index contributed by atoms with van der Waals surface area (Å²) in [5.41, 5.74) is 0.639. The zero-order chi connectivity index (χ0) is 22.8. The second kappa shape index (κ2) is 8.55. The minimum atomic E-state index is -2.98. The van der Waals surface area contributed by atoms with E-state index in [4.69, 9.17) is 4.78 Å². The Hall–Kier alpha value is -3.13. The second-order valence-corrected chi connectivity index (χ2v) is 9.66. The molecule has 8 nitrogen and oxygen atoms in total. The van der Waals surface area contributed by atoms with Gasteiger partial charge in [-0.15, -0.1) is 10.2 Å². The van der Waals surface area contributed by atoms with Crippen molar-refractivity contribution in [2.45, 2.75) is 37.0 Å². The van der Waals surface area contributed by atoms with Crippen LogP contribution in [0.3, 0.4) is 0 Å². The zero-order valence-electron chi connectivity index (χ0n) is 17.1. The Kier molecular flexibility index (Phi) is 6.22. The molecule has 0 unspecified atom stereocenters. The Morgan fingerprint density at radius 2 is 2.06 bits per heavy atom. The number of carbonyl (C=O) groups excluding carboxylic acids is 1. The molecule has 2 heterocycles. The summed E-state index contributed by atoms with van der Waals surface area (Å²) < 4.78 is 47.3. The maximum Gasteiger partial charge on any atom is 0.259 e. The Balaban J connectivity index is 1.99.